The molecule has 9 aromatic carbocycles. The van der Waals surface area contributed by atoms with Gasteiger partial charge in [0.05, 0.1) is 11.0 Å². The van der Waals surface area contributed by atoms with Crippen LogP contribution in [0.2, 0.25) is 0 Å². The van der Waals surface area contributed by atoms with Gasteiger partial charge >= 0.3 is 0 Å². The Labute approximate surface area is 343 Å². The minimum absolute atomic E-state index is 0.871. The number of fused-ring (bicyclic) bond motifs is 6. The lowest BCUT2D eigenvalue weighted by Crippen LogP contribution is -2.11. The largest absolute Gasteiger partial charge is 0.455 e. The molecule has 0 amide bonds. The molecule has 0 radical (unpaired) electrons. The van der Waals surface area contributed by atoms with Crippen LogP contribution in [0.4, 0.5) is 17.1 Å². The zero-order valence-electron chi connectivity index (χ0n) is 32.9. The Morgan fingerprint density at radius 1 is 0.407 bits per heavy atom. The number of anilines is 3. The molecule has 0 N–H and O–H groups in total. The molecule has 0 spiro atoms. The van der Waals surface area contributed by atoms with Gasteiger partial charge in [-0.25, -0.2) is 0 Å². The summed E-state index contributed by atoms with van der Waals surface area (Å²) in [7, 11) is 0. The highest BCUT2D eigenvalue weighted by molar-refractivity contribution is 6.12. The van der Waals surface area contributed by atoms with Crippen LogP contribution in [-0.4, -0.2) is 4.57 Å². The third-order valence-electron chi connectivity index (χ3n) is 11.7. The van der Waals surface area contributed by atoms with E-state index in [0.717, 1.165) is 55.8 Å². The predicted octanol–water partition coefficient (Wildman–Crippen LogP) is 15.8. The van der Waals surface area contributed by atoms with Crippen LogP contribution in [0.3, 0.4) is 0 Å². The van der Waals surface area contributed by atoms with Crippen molar-refractivity contribution in [3.63, 3.8) is 0 Å². The number of benzene rings is 9. The zero-order chi connectivity index (χ0) is 39.5. The maximum absolute atomic E-state index is 6.81. The summed E-state index contributed by atoms with van der Waals surface area (Å²) in [5.74, 6) is 0. The Morgan fingerprint density at radius 3 is 1.69 bits per heavy atom. The van der Waals surface area contributed by atoms with E-state index < -0.39 is 0 Å². The SMILES string of the molecule is Cc1ccc(N(c2cc(C)c(-c3ccccc3)c(-c3ccccc3)c2)c2cc(-c3cccc(-n4c5ccccc5c5ccccc54)c3)c3oc4ccccc4c3c2)cc1. The number of aromatic nitrogens is 1. The van der Waals surface area contributed by atoms with Crippen LogP contribution in [0.15, 0.2) is 211 Å². The Balaban J connectivity index is 1.17. The second-order valence-corrected chi connectivity index (χ2v) is 15.5. The summed E-state index contributed by atoms with van der Waals surface area (Å²) in [6.45, 7) is 4.39. The van der Waals surface area contributed by atoms with E-state index in [-0.39, 0.29) is 0 Å². The first-order chi connectivity index (χ1) is 29.1. The van der Waals surface area contributed by atoms with Crippen LogP contribution in [0.5, 0.6) is 0 Å². The molecule has 0 aliphatic carbocycles. The number of rotatable bonds is 7. The summed E-state index contributed by atoms with van der Waals surface area (Å²) >= 11 is 0. The quantitative estimate of drug-likeness (QED) is 0.161. The highest BCUT2D eigenvalue weighted by atomic mass is 16.3. The number of aryl methyl sites for hydroxylation is 2. The summed E-state index contributed by atoms with van der Waals surface area (Å²) in [4.78, 5) is 2.41. The first-order valence-electron chi connectivity index (χ1n) is 20.3. The highest BCUT2D eigenvalue weighted by Gasteiger charge is 2.23. The standard InChI is InChI=1S/C56H40N2O/c1-37-28-30-42(31-29-37)57(44-32-38(2)55(40-18-7-4-8-19-40)49(34-44)39-16-5-3-6-17-39)45-35-50(56-51(36-45)48-24-11-14-27-54(48)59-56)41-20-15-21-43(33-41)58-52-25-12-9-22-46(52)47-23-10-13-26-53(47)58/h3-36H,1-2H3. The van der Waals surface area contributed by atoms with E-state index >= 15 is 0 Å². The van der Waals surface area contributed by atoms with Gasteiger partial charge in [0.15, 0.2) is 0 Å². The lowest BCUT2D eigenvalue weighted by atomic mass is 9.90. The van der Waals surface area contributed by atoms with Crippen LogP contribution in [0.25, 0.3) is 82.8 Å². The maximum Gasteiger partial charge on any atom is 0.143 e. The molecule has 0 aliphatic rings. The first kappa shape index (κ1) is 34.6. The number of para-hydroxylation sites is 3. The van der Waals surface area contributed by atoms with Crippen LogP contribution >= 0.6 is 0 Å². The van der Waals surface area contributed by atoms with Crippen LogP contribution in [0, 0.1) is 13.8 Å². The molecule has 3 nitrogen and oxygen atoms in total. The molecule has 0 aliphatic heterocycles. The second kappa shape index (κ2) is 14.1. The Kier molecular flexibility index (Phi) is 8.27. The van der Waals surface area contributed by atoms with Gasteiger partial charge in [0, 0.05) is 49.9 Å². The average Bonchev–Trinajstić information content (AvgIpc) is 3.83. The van der Waals surface area contributed by atoms with Gasteiger partial charge in [0.1, 0.15) is 11.2 Å². The Bertz CT molecular complexity index is 3280. The molecular weight excluding hydrogens is 717 g/mol. The van der Waals surface area contributed by atoms with Crippen molar-refractivity contribution in [3.8, 4) is 39.1 Å². The number of nitrogens with zero attached hydrogens (tertiary/aromatic N) is 2. The van der Waals surface area contributed by atoms with E-state index in [1.165, 1.54) is 55.2 Å². The number of hydrogen-bond acceptors (Lipinski definition) is 2. The Hall–Kier alpha value is -7.62. The lowest BCUT2D eigenvalue weighted by molar-refractivity contribution is 0.670. The molecule has 2 heterocycles. The van der Waals surface area contributed by atoms with Gasteiger partial charge in [-0.2, -0.15) is 0 Å². The van der Waals surface area contributed by atoms with Crippen molar-refractivity contribution in [2.24, 2.45) is 0 Å². The van der Waals surface area contributed by atoms with E-state index in [0.29, 0.717) is 0 Å². The van der Waals surface area contributed by atoms with Crippen molar-refractivity contribution < 1.29 is 4.42 Å². The third-order valence-corrected chi connectivity index (χ3v) is 11.7. The van der Waals surface area contributed by atoms with Crippen molar-refractivity contribution in [1.82, 2.24) is 4.57 Å². The molecule has 0 atom stereocenters. The maximum atomic E-state index is 6.81. The van der Waals surface area contributed by atoms with E-state index in [4.69, 9.17) is 4.42 Å². The fourth-order valence-corrected chi connectivity index (χ4v) is 9.04. The minimum atomic E-state index is 0.871. The van der Waals surface area contributed by atoms with Crippen molar-refractivity contribution in [3.05, 3.63) is 217 Å². The second-order valence-electron chi connectivity index (χ2n) is 15.5. The molecule has 11 rings (SSSR count). The monoisotopic (exact) mass is 756 g/mol. The minimum Gasteiger partial charge on any atom is -0.455 e. The zero-order valence-corrected chi connectivity index (χ0v) is 32.9. The molecule has 0 fully saturated rings. The first-order valence-corrected chi connectivity index (χ1v) is 20.3. The fraction of sp³-hybridized carbons (Fsp3) is 0.0357. The summed E-state index contributed by atoms with van der Waals surface area (Å²) in [6.07, 6.45) is 0. The molecule has 2 aromatic heterocycles. The van der Waals surface area contributed by atoms with Gasteiger partial charge < -0.3 is 13.9 Å². The van der Waals surface area contributed by atoms with Gasteiger partial charge in [-0.3, -0.25) is 0 Å². The molecule has 3 heteroatoms. The number of hydrogen-bond donors (Lipinski definition) is 0. The van der Waals surface area contributed by atoms with Gasteiger partial charge in [-0.1, -0.05) is 145 Å². The fourth-order valence-electron chi connectivity index (χ4n) is 9.04. The van der Waals surface area contributed by atoms with Crippen molar-refractivity contribution in [1.29, 1.82) is 0 Å². The molecule has 280 valence electrons. The summed E-state index contributed by atoms with van der Waals surface area (Å²) in [6, 6.07) is 74.4. The normalized spacial score (nSPS) is 11.6. The molecule has 11 aromatic rings. The van der Waals surface area contributed by atoms with Crippen molar-refractivity contribution in [2.75, 3.05) is 4.90 Å². The summed E-state index contributed by atoms with van der Waals surface area (Å²) < 4.78 is 9.19. The van der Waals surface area contributed by atoms with Crippen molar-refractivity contribution >= 4 is 60.8 Å². The van der Waals surface area contributed by atoms with Gasteiger partial charge in [-0.05, 0) is 114 Å². The molecule has 59 heavy (non-hydrogen) atoms. The topological polar surface area (TPSA) is 21.3 Å². The summed E-state index contributed by atoms with van der Waals surface area (Å²) in [5.41, 5.74) is 17.8. The third kappa shape index (κ3) is 5.90. The van der Waals surface area contributed by atoms with Gasteiger partial charge in [0.25, 0.3) is 0 Å². The highest BCUT2D eigenvalue weighted by Crippen LogP contribution is 2.46. The molecule has 0 saturated heterocycles. The van der Waals surface area contributed by atoms with Crippen LogP contribution in [-0.2, 0) is 0 Å². The molecule has 0 unspecified atom stereocenters. The van der Waals surface area contributed by atoms with E-state index in [1.54, 1.807) is 0 Å². The van der Waals surface area contributed by atoms with Gasteiger partial charge in [0.2, 0.25) is 0 Å². The van der Waals surface area contributed by atoms with Crippen molar-refractivity contribution in [2.45, 2.75) is 13.8 Å². The average molecular weight is 757 g/mol. The molecular formula is C56H40N2O. The Morgan fingerprint density at radius 2 is 0.983 bits per heavy atom. The predicted molar refractivity (Wildman–Crippen MR) is 249 cm³/mol. The molecule has 0 saturated carbocycles. The van der Waals surface area contributed by atoms with E-state index in [9.17, 15) is 0 Å². The van der Waals surface area contributed by atoms with E-state index in [2.05, 4.69) is 230 Å². The van der Waals surface area contributed by atoms with Crippen LogP contribution in [0.1, 0.15) is 11.1 Å². The van der Waals surface area contributed by atoms with Gasteiger partial charge in [-0.15, -0.1) is 0 Å². The van der Waals surface area contributed by atoms with E-state index in [1.807, 2.05) is 0 Å². The smallest absolute Gasteiger partial charge is 0.143 e. The number of furan rings is 1. The lowest BCUT2D eigenvalue weighted by Gasteiger charge is -2.28. The van der Waals surface area contributed by atoms with Crippen LogP contribution < -0.4 is 4.90 Å². The summed E-state index contributed by atoms with van der Waals surface area (Å²) in [5, 5.41) is 4.65. The molecule has 0 bridgehead atoms.